The van der Waals surface area contributed by atoms with E-state index in [0.29, 0.717) is 17.4 Å². The largest absolute Gasteiger partial charge is 0.294 e. The topological polar surface area (TPSA) is 17.1 Å². The average Bonchev–Trinajstić information content (AvgIpc) is 2.40. The number of rotatable bonds is 4. The van der Waals surface area contributed by atoms with E-state index in [2.05, 4.69) is 12.1 Å². The highest BCUT2D eigenvalue weighted by Crippen LogP contribution is 2.36. The predicted octanol–water partition coefficient (Wildman–Crippen LogP) is 5.03. The Morgan fingerprint density at radius 3 is 2.35 bits per heavy atom. The molecule has 0 aromatic heterocycles. The van der Waals surface area contributed by atoms with E-state index in [0.717, 1.165) is 11.1 Å². The van der Waals surface area contributed by atoms with Gasteiger partial charge in [-0.3, -0.25) is 4.79 Å². The first-order valence-corrected chi connectivity index (χ1v) is 7.48. The molecule has 2 heteroatoms. The molecule has 1 saturated carbocycles. The van der Waals surface area contributed by atoms with Gasteiger partial charge in [0.1, 0.15) is 0 Å². The van der Waals surface area contributed by atoms with Gasteiger partial charge in [-0.15, -0.1) is 0 Å². The number of halogens is 1. The molecule has 2 aromatic carbocycles. The lowest BCUT2D eigenvalue weighted by Gasteiger charge is -2.25. The van der Waals surface area contributed by atoms with Gasteiger partial charge in [-0.25, -0.2) is 0 Å². The van der Waals surface area contributed by atoms with Crippen LogP contribution in [0.25, 0.3) is 0 Å². The van der Waals surface area contributed by atoms with Crippen LogP contribution in [0.1, 0.15) is 46.7 Å². The van der Waals surface area contributed by atoms with Crippen molar-refractivity contribution in [2.24, 2.45) is 0 Å². The number of Topliss-reactive ketones (excluding diaryl/α,β-unsaturated/α-hetero) is 1. The van der Waals surface area contributed by atoms with Gasteiger partial charge in [0.2, 0.25) is 0 Å². The van der Waals surface area contributed by atoms with E-state index in [9.17, 15) is 4.79 Å². The zero-order chi connectivity index (χ0) is 13.9. The molecule has 3 rings (SSSR count). The van der Waals surface area contributed by atoms with Gasteiger partial charge in [-0.1, -0.05) is 60.5 Å². The van der Waals surface area contributed by atoms with Crippen LogP contribution in [0.5, 0.6) is 0 Å². The normalized spacial score (nSPS) is 14.8. The molecular weight excluding hydrogens is 268 g/mol. The maximum absolute atomic E-state index is 12.3. The highest BCUT2D eigenvalue weighted by Gasteiger charge is 2.19. The zero-order valence-corrected chi connectivity index (χ0v) is 12.1. The lowest BCUT2D eigenvalue weighted by molar-refractivity contribution is 0.0993. The fourth-order valence-electron chi connectivity index (χ4n) is 2.60. The van der Waals surface area contributed by atoms with E-state index in [1.807, 2.05) is 36.4 Å². The summed E-state index contributed by atoms with van der Waals surface area (Å²) in [6, 6.07) is 15.6. The van der Waals surface area contributed by atoms with E-state index in [1.165, 1.54) is 24.8 Å². The van der Waals surface area contributed by atoms with Gasteiger partial charge in [0.05, 0.1) is 0 Å². The standard InChI is InChI=1S/C18H17ClO/c19-17-7-2-1-4-16(17)12-18(20)15-10-8-14(9-11-15)13-5-3-6-13/h1-2,4,7-11,13H,3,5-6,12H2. The summed E-state index contributed by atoms with van der Waals surface area (Å²) < 4.78 is 0. The fraction of sp³-hybridized carbons (Fsp3) is 0.278. The van der Waals surface area contributed by atoms with Crippen LogP contribution in [0.15, 0.2) is 48.5 Å². The summed E-state index contributed by atoms with van der Waals surface area (Å²) in [6.07, 6.45) is 4.26. The van der Waals surface area contributed by atoms with Crippen molar-refractivity contribution >= 4 is 17.4 Å². The number of ketones is 1. The van der Waals surface area contributed by atoms with Gasteiger partial charge < -0.3 is 0 Å². The quantitative estimate of drug-likeness (QED) is 0.720. The van der Waals surface area contributed by atoms with Gasteiger partial charge in [-0.2, -0.15) is 0 Å². The minimum atomic E-state index is 0.123. The van der Waals surface area contributed by atoms with Crippen LogP contribution in [-0.2, 0) is 6.42 Å². The molecule has 0 bridgehead atoms. The van der Waals surface area contributed by atoms with E-state index < -0.39 is 0 Å². The first-order chi connectivity index (χ1) is 9.74. The Hall–Kier alpha value is -1.60. The Bertz CT molecular complexity index is 612. The summed E-state index contributed by atoms with van der Waals surface area (Å²) in [6.45, 7) is 0. The van der Waals surface area contributed by atoms with Gasteiger partial charge in [0, 0.05) is 17.0 Å². The maximum atomic E-state index is 12.3. The van der Waals surface area contributed by atoms with Crippen molar-refractivity contribution in [3.05, 3.63) is 70.2 Å². The minimum Gasteiger partial charge on any atom is -0.294 e. The van der Waals surface area contributed by atoms with Crippen LogP contribution in [0.2, 0.25) is 5.02 Å². The van der Waals surface area contributed by atoms with Gasteiger partial charge in [0.25, 0.3) is 0 Å². The summed E-state index contributed by atoms with van der Waals surface area (Å²) in [4.78, 5) is 12.3. The lowest BCUT2D eigenvalue weighted by Crippen LogP contribution is -2.09. The molecule has 20 heavy (non-hydrogen) atoms. The highest BCUT2D eigenvalue weighted by atomic mass is 35.5. The van der Waals surface area contributed by atoms with Crippen molar-refractivity contribution in [3.8, 4) is 0 Å². The molecule has 0 atom stereocenters. The molecule has 0 aliphatic heterocycles. The summed E-state index contributed by atoms with van der Waals surface area (Å²) in [5.74, 6) is 0.834. The third kappa shape index (κ3) is 2.78. The molecule has 1 fully saturated rings. The Balaban J connectivity index is 1.72. The predicted molar refractivity (Wildman–Crippen MR) is 82.5 cm³/mol. The second kappa shape index (κ2) is 5.80. The van der Waals surface area contributed by atoms with Gasteiger partial charge in [-0.05, 0) is 36.0 Å². The van der Waals surface area contributed by atoms with Crippen molar-refractivity contribution in [1.82, 2.24) is 0 Å². The molecule has 0 heterocycles. The summed E-state index contributed by atoms with van der Waals surface area (Å²) >= 11 is 6.10. The summed E-state index contributed by atoms with van der Waals surface area (Å²) in [5.41, 5.74) is 3.03. The van der Waals surface area contributed by atoms with Crippen molar-refractivity contribution in [1.29, 1.82) is 0 Å². The third-order valence-electron chi connectivity index (χ3n) is 4.12. The second-order valence-electron chi connectivity index (χ2n) is 5.44. The van der Waals surface area contributed by atoms with Crippen molar-refractivity contribution in [2.45, 2.75) is 31.6 Å². The molecule has 1 aliphatic rings. The van der Waals surface area contributed by atoms with E-state index in [4.69, 9.17) is 11.6 Å². The molecule has 1 nitrogen and oxygen atoms in total. The smallest absolute Gasteiger partial charge is 0.167 e. The van der Waals surface area contributed by atoms with Crippen LogP contribution in [0, 0.1) is 0 Å². The Labute approximate surface area is 124 Å². The van der Waals surface area contributed by atoms with Crippen molar-refractivity contribution in [3.63, 3.8) is 0 Å². The monoisotopic (exact) mass is 284 g/mol. The zero-order valence-electron chi connectivity index (χ0n) is 11.3. The Morgan fingerprint density at radius 2 is 1.75 bits per heavy atom. The number of benzene rings is 2. The van der Waals surface area contributed by atoms with Crippen LogP contribution in [0.4, 0.5) is 0 Å². The molecule has 2 aromatic rings. The van der Waals surface area contributed by atoms with E-state index in [-0.39, 0.29) is 5.78 Å². The lowest BCUT2D eigenvalue weighted by atomic mass is 9.80. The molecule has 1 aliphatic carbocycles. The van der Waals surface area contributed by atoms with Crippen LogP contribution >= 0.6 is 11.6 Å². The summed E-state index contributed by atoms with van der Waals surface area (Å²) in [5, 5.41) is 0.659. The van der Waals surface area contributed by atoms with Crippen LogP contribution in [0.3, 0.4) is 0 Å². The highest BCUT2D eigenvalue weighted by molar-refractivity contribution is 6.31. The second-order valence-corrected chi connectivity index (χ2v) is 5.85. The SMILES string of the molecule is O=C(Cc1ccccc1Cl)c1ccc(C2CCC2)cc1. The third-order valence-corrected chi connectivity index (χ3v) is 4.49. The van der Waals surface area contributed by atoms with Gasteiger partial charge in [0.15, 0.2) is 5.78 Å². The van der Waals surface area contributed by atoms with Crippen molar-refractivity contribution in [2.75, 3.05) is 0 Å². The summed E-state index contributed by atoms with van der Waals surface area (Å²) in [7, 11) is 0. The number of hydrogen-bond acceptors (Lipinski definition) is 1. The van der Waals surface area contributed by atoms with Crippen LogP contribution < -0.4 is 0 Å². The molecule has 0 unspecified atom stereocenters. The molecule has 102 valence electrons. The van der Waals surface area contributed by atoms with Crippen LogP contribution in [-0.4, -0.2) is 5.78 Å². The number of carbonyl (C=O) groups is 1. The average molecular weight is 285 g/mol. The first kappa shape index (κ1) is 13.4. The minimum absolute atomic E-state index is 0.123. The molecule has 0 saturated heterocycles. The maximum Gasteiger partial charge on any atom is 0.167 e. The van der Waals surface area contributed by atoms with E-state index >= 15 is 0 Å². The van der Waals surface area contributed by atoms with Gasteiger partial charge >= 0.3 is 0 Å². The molecule has 0 radical (unpaired) electrons. The first-order valence-electron chi connectivity index (χ1n) is 7.10. The molecule has 0 amide bonds. The molecular formula is C18H17ClO. The fourth-order valence-corrected chi connectivity index (χ4v) is 2.80. The molecule has 0 spiro atoms. The van der Waals surface area contributed by atoms with E-state index in [1.54, 1.807) is 0 Å². The van der Waals surface area contributed by atoms with Crippen molar-refractivity contribution < 1.29 is 4.79 Å². The number of hydrogen-bond donors (Lipinski definition) is 0. The Morgan fingerprint density at radius 1 is 1.05 bits per heavy atom. The Kier molecular flexibility index (Phi) is 3.88. The molecule has 0 N–H and O–H groups in total. The number of carbonyl (C=O) groups excluding carboxylic acids is 1.